The van der Waals surface area contributed by atoms with Gasteiger partial charge in [0, 0.05) is 13.0 Å². The smallest absolute Gasteiger partial charge is 0.261 e. The standard InChI is InChI=1S/C12H16N2O4S/c1-8-3-2-4-9-7-10(18-11(8)9)12(15)14-5-6-19(13,16)17/h2-4,10H,5-7H2,1H3,(H,14,15)(H2,13,16,17). The van der Waals surface area contributed by atoms with E-state index in [1.165, 1.54) is 0 Å². The third-order valence-electron chi connectivity index (χ3n) is 2.94. The van der Waals surface area contributed by atoms with E-state index in [-0.39, 0.29) is 18.2 Å². The molecule has 0 spiro atoms. The third-order valence-corrected chi connectivity index (χ3v) is 3.71. The highest BCUT2D eigenvalue weighted by Gasteiger charge is 2.29. The molecule has 0 aromatic heterocycles. The van der Waals surface area contributed by atoms with E-state index < -0.39 is 16.1 Å². The molecule has 1 atom stereocenters. The number of fused-ring (bicyclic) bond motifs is 1. The van der Waals surface area contributed by atoms with Crippen LogP contribution >= 0.6 is 0 Å². The van der Waals surface area contributed by atoms with Gasteiger partial charge < -0.3 is 10.1 Å². The molecular formula is C12H16N2O4S. The zero-order valence-corrected chi connectivity index (χ0v) is 11.4. The molecule has 1 unspecified atom stereocenters. The van der Waals surface area contributed by atoms with Crippen molar-refractivity contribution < 1.29 is 17.9 Å². The van der Waals surface area contributed by atoms with E-state index >= 15 is 0 Å². The monoisotopic (exact) mass is 284 g/mol. The number of amides is 1. The second kappa shape index (κ2) is 5.18. The maximum Gasteiger partial charge on any atom is 0.261 e. The normalized spacial score (nSPS) is 17.7. The van der Waals surface area contributed by atoms with Gasteiger partial charge in [0.1, 0.15) is 5.75 Å². The van der Waals surface area contributed by atoms with Crippen molar-refractivity contribution in [2.45, 2.75) is 19.4 Å². The van der Waals surface area contributed by atoms with Gasteiger partial charge in [0.15, 0.2) is 6.10 Å². The van der Waals surface area contributed by atoms with Gasteiger partial charge in [-0.05, 0) is 18.1 Å². The van der Waals surface area contributed by atoms with Crippen molar-refractivity contribution in [2.24, 2.45) is 5.14 Å². The maximum atomic E-state index is 11.8. The largest absolute Gasteiger partial charge is 0.480 e. The van der Waals surface area contributed by atoms with Crippen LogP contribution < -0.4 is 15.2 Å². The first-order chi connectivity index (χ1) is 8.87. The summed E-state index contributed by atoms with van der Waals surface area (Å²) in [5, 5.41) is 7.37. The molecule has 0 radical (unpaired) electrons. The minimum atomic E-state index is -3.56. The second-order valence-electron chi connectivity index (χ2n) is 4.53. The molecule has 0 fully saturated rings. The van der Waals surface area contributed by atoms with Gasteiger partial charge >= 0.3 is 0 Å². The fourth-order valence-corrected chi connectivity index (χ4v) is 2.39. The molecule has 0 aliphatic carbocycles. The van der Waals surface area contributed by atoms with Crippen LogP contribution in [-0.2, 0) is 21.2 Å². The molecule has 3 N–H and O–H groups in total. The molecule has 19 heavy (non-hydrogen) atoms. The Morgan fingerprint density at radius 2 is 2.26 bits per heavy atom. The number of hydrogen-bond donors (Lipinski definition) is 2. The molecule has 7 heteroatoms. The number of para-hydroxylation sites is 1. The van der Waals surface area contributed by atoms with E-state index in [1.54, 1.807) is 0 Å². The minimum absolute atomic E-state index is 0.00709. The summed E-state index contributed by atoms with van der Waals surface area (Å²) in [6.45, 7) is 1.91. The Labute approximate surface area is 112 Å². The summed E-state index contributed by atoms with van der Waals surface area (Å²) in [7, 11) is -3.56. The highest BCUT2D eigenvalue weighted by atomic mass is 32.2. The van der Waals surface area contributed by atoms with E-state index in [4.69, 9.17) is 9.88 Å². The quantitative estimate of drug-likeness (QED) is 0.793. The molecule has 1 aromatic carbocycles. The van der Waals surface area contributed by atoms with Crippen molar-refractivity contribution in [2.75, 3.05) is 12.3 Å². The predicted molar refractivity (Wildman–Crippen MR) is 70.3 cm³/mol. The average Bonchev–Trinajstić information content (AvgIpc) is 2.72. The Morgan fingerprint density at radius 1 is 1.53 bits per heavy atom. The van der Waals surface area contributed by atoms with E-state index in [2.05, 4.69) is 5.32 Å². The summed E-state index contributed by atoms with van der Waals surface area (Å²) in [5.74, 6) is 0.144. The van der Waals surface area contributed by atoms with Gasteiger partial charge in [-0.1, -0.05) is 18.2 Å². The molecule has 0 bridgehead atoms. The highest BCUT2D eigenvalue weighted by Crippen LogP contribution is 2.31. The van der Waals surface area contributed by atoms with Crippen LogP contribution in [0.3, 0.4) is 0 Å². The van der Waals surface area contributed by atoms with Crippen LogP contribution in [0.1, 0.15) is 11.1 Å². The molecule has 6 nitrogen and oxygen atoms in total. The van der Waals surface area contributed by atoms with Gasteiger partial charge in [0.05, 0.1) is 5.75 Å². The Hall–Kier alpha value is -1.60. The Bertz CT molecular complexity index is 598. The lowest BCUT2D eigenvalue weighted by Crippen LogP contribution is -2.40. The maximum absolute atomic E-state index is 11.8. The van der Waals surface area contributed by atoms with Crippen molar-refractivity contribution in [1.29, 1.82) is 0 Å². The SMILES string of the molecule is Cc1cccc2c1OC(C(=O)NCCS(N)(=O)=O)C2. The molecule has 1 aromatic rings. The second-order valence-corrected chi connectivity index (χ2v) is 6.27. The summed E-state index contributed by atoms with van der Waals surface area (Å²) < 4.78 is 27.1. The minimum Gasteiger partial charge on any atom is -0.480 e. The molecule has 1 heterocycles. The zero-order valence-electron chi connectivity index (χ0n) is 10.5. The van der Waals surface area contributed by atoms with Gasteiger partial charge in [-0.25, -0.2) is 13.6 Å². The van der Waals surface area contributed by atoms with Gasteiger partial charge in [-0.2, -0.15) is 0 Å². The van der Waals surface area contributed by atoms with Gasteiger partial charge in [0.25, 0.3) is 5.91 Å². The first kappa shape index (κ1) is 13.8. The number of carbonyl (C=O) groups excluding carboxylic acids is 1. The number of aryl methyl sites for hydroxylation is 1. The fourth-order valence-electron chi connectivity index (χ4n) is 2.00. The molecule has 1 aliphatic heterocycles. The van der Waals surface area contributed by atoms with Crippen LogP contribution in [-0.4, -0.2) is 32.7 Å². The summed E-state index contributed by atoms with van der Waals surface area (Å²) in [6, 6.07) is 5.75. The van der Waals surface area contributed by atoms with Gasteiger partial charge in [-0.3, -0.25) is 4.79 Å². The average molecular weight is 284 g/mol. The van der Waals surface area contributed by atoms with E-state index in [9.17, 15) is 13.2 Å². The van der Waals surface area contributed by atoms with E-state index in [0.717, 1.165) is 16.9 Å². The first-order valence-corrected chi connectivity index (χ1v) is 7.62. The Kier molecular flexibility index (Phi) is 3.77. The lowest BCUT2D eigenvalue weighted by atomic mass is 10.1. The molecule has 104 valence electrons. The van der Waals surface area contributed by atoms with Crippen LogP contribution in [0.25, 0.3) is 0 Å². The summed E-state index contributed by atoms with van der Waals surface area (Å²) in [4.78, 5) is 11.8. The van der Waals surface area contributed by atoms with Crippen LogP contribution in [0, 0.1) is 6.92 Å². The molecule has 1 amide bonds. The summed E-state index contributed by atoms with van der Waals surface area (Å²) >= 11 is 0. The Morgan fingerprint density at radius 3 is 2.89 bits per heavy atom. The number of carbonyl (C=O) groups is 1. The van der Waals surface area contributed by atoms with Crippen molar-refractivity contribution in [1.82, 2.24) is 5.32 Å². The van der Waals surface area contributed by atoms with Crippen LogP contribution in [0.2, 0.25) is 0 Å². The topological polar surface area (TPSA) is 98.5 Å². The van der Waals surface area contributed by atoms with Crippen LogP contribution in [0.4, 0.5) is 0 Å². The van der Waals surface area contributed by atoms with E-state index in [1.807, 2.05) is 25.1 Å². The molecule has 0 saturated carbocycles. The highest BCUT2D eigenvalue weighted by molar-refractivity contribution is 7.89. The van der Waals surface area contributed by atoms with Gasteiger partial charge in [0.2, 0.25) is 10.0 Å². The lowest BCUT2D eigenvalue weighted by molar-refractivity contribution is -0.127. The number of nitrogens with two attached hydrogens (primary N) is 1. The summed E-state index contributed by atoms with van der Waals surface area (Å²) in [5.41, 5.74) is 1.98. The fraction of sp³-hybridized carbons (Fsp3) is 0.417. The third kappa shape index (κ3) is 3.45. The van der Waals surface area contributed by atoms with E-state index in [0.29, 0.717) is 6.42 Å². The number of primary sulfonamides is 1. The summed E-state index contributed by atoms with van der Waals surface area (Å²) in [6.07, 6.45) is -0.102. The number of hydrogen-bond acceptors (Lipinski definition) is 4. The Balaban J connectivity index is 1.92. The van der Waals surface area contributed by atoms with Crippen molar-refractivity contribution in [3.63, 3.8) is 0 Å². The molecule has 0 saturated heterocycles. The number of benzene rings is 1. The van der Waals surface area contributed by atoms with Crippen LogP contribution in [0.15, 0.2) is 18.2 Å². The number of nitrogens with one attached hydrogen (secondary N) is 1. The first-order valence-electron chi connectivity index (χ1n) is 5.90. The predicted octanol–water partition coefficient (Wildman–Crippen LogP) is -0.297. The number of rotatable bonds is 4. The molecule has 1 aliphatic rings. The molecular weight excluding hydrogens is 268 g/mol. The number of ether oxygens (including phenoxy) is 1. The number of sulfonamides is 1. The van der Waals surface area contributed by atoms with Gasteiger partial charge in [-0.15, -0.1) is 0 Å². The van der Waals surface area contributed by atoms with Crippen molar-refractivity contribution >= 4 is 15.9 Å². The lowest BCUT2D eigenvalue weighted by Gasteiger charge is -2.11. The van der Waals surface area contributed by atoms with Crippen molar-refractivity contribution in [3.8, 4) is 5.75 Å². The van der Waals surface area contributed by atoms with Crippen molar-refractivity contribution in [3.05, 3.63) is 29.3 Å². The zero-order chi connectivity index (χ0) is 14.0. The molecule has 2 rings (SSSR count). The van der Waals surface area contributed by atoms with Crippen LogP contribution in [0.5, 0.6) is 5.75 Å².